The van der Waals surface area contributed by atoms with E-state index in [-0.39, 0.29) is 25.2 Å². The van der Waals surface area contributed by atoms with Gasteiger partial charge in [-0.15, -0.1) is 0 Å². The lowest BCUT2D eigenvalue weighted by atomic mass is 10.1. The molecule has 1 atom stereocenters. The summed E-state index contributed by atoms with van der Waals surface area (Å²) < 4.78 is 38.0. The molecule has 1 rings (SSSR count). The molecule has 8 nitrogen and oxygen atoms in total. The van der Waals surface area contributed by atoms with E-state index in [2.05, 4.69) is 4.72 Å². The number of unbranched alkanes of at least 4 members (excludes halogenated alkanes) is 1. The van der Waals surface area contributed by atoms with Crippen molar-refractivity contribution in [3.05, 3.63) is 29.8 Å². The minimum absolute atomic E-state index is 0.0355. The molecule has 0 aliphatic heterocycles. The van der Waals surface area contributed by atoms with E-state index in [4.69, 9.17) is 14.6 Å². The Morgan fingerprint density at radius 1 is 1.13 bits per heavy atom. The van der Waals surface area contributed by atoms with Crippen molar-refractivity contribution in [2.24, 2.45) is 0 Å². The van der Waals surface area contributed by atoms with Gasteiger partial charge in [-0.2, -0.15) is 0 Å². The Morgan fingerprint density at radius 3 is 2.30 bits per heavy atom. The van der Waals surface area contributed by atoms with Gasteiger partial charge in [0.05, 0.1) is 12.4 Å². The lowest BCUT2D eigenvalue weighted by molar-refractivity contribution is -0.156. The maximum Gasteiger partial charge on any atom is 0.325 e. The lowest BCUT2D eigenvalue weighted by Crippen LogP contribution is -2.46. The van der Waals surface area contributed by atoms with Gasteiger partial charge in [-0.25, -0.2) is 13.1 Å². The minimum Gasteiger partial charge on any atom is -0.494 e. The molecule has 0 amide bonds. The van der Waals surface area contributed by atoms with Crippen molar-refractivity contribution in [1.29, 1.82) is 0 Å². The number of hydrogen-bond acceptors (Lipinski definition) is 6. The quantitative estimate of drug-likeness (QED) is 0.355. The third kappa shape index (κ3) is 11.2. The fraction of sp³-hybridized carbons (Fsp3) is 0.619. The summed E-state index contributed by atoms with van der Waals surface area (Å²) >= 11 is 0. The number of carbonyl (C=O) groups is 2. The van der Waals surface area contributed by atoms with Crippen LogP contribution in [0.4, 0.5) is 0 Å². The summed E-state index contributed by atoms with van der Waals surface area (Å²) in [6, 6.07) is 5.85. The predicted molar refractivity (Wildman–Crippen MR) is 114 cm³/mol. The molecule has 0 heterocycles. The molecule has 2 N–H and O–H groups in total. The van der Waals surface area contributed by atoms with Crippen molar-refractivity contribution in [3.8, 4) is 5.75 Å². The van der Waals surface area contributed by atoms with E-state index >= 15 is 0 Å². The molecule has 0 saturated heterocycles. The Balaban J connectivity index is 2.82. The molecule has 9 heteroatoms. The number of carbonyl (C=O) groups excluding carboxylic acids is 1. The van der Waals surface area contributed by atoms with Crippen LogP contribution in [0.1, 0.15) is 58.9 Å². The Hall–Kier alpha value is -2.13. The summed E-state index contributed by atoms with van der Waals surface area (Å²) in [6.45, 7) is 7.35. The van der Waals surface area contributed by atoms with Crippen LogP contribution in [0.2, 0.25) is 0 Å². The first-order valence-electron chi connectivity index (χ1n) is 10.1. The second-order valence-electron chi connectivity index (χ2n) is 8.07. The Kier molecular flexibility index (Phi) is 10.3. The van der Waals surface area contributed by atoms with E-state index in [1.165, 1.54) is 0 Å². The Morgan fingerprint density at radius 2 is 1.77 bits per heavy atom. The van der Waals surface area contributed by atoms with Crippen LogP contribution < -0.4 is 9.46 Å². The fourth-order valence-electron chi connectivity index (χ4n) is 2.53. The van der Waals surface area contributed by atoms with Crippen LogP contribution in [0.3, 0.4) is 0 Å². The highest BCUT2D eigenvalue weighted by Gasteiger charge is 2.29. The zero-order valence-electron chi connectivity index (χ0n) is 18.1. The van der Waals surface area contributed by atoms with Crippen molar-refractivity contribution in [2.75, 3.05) is 12.4 Å². The number of sulfonamides is 1. The van der Waals surface area contributed by atoms with E-state index in [1.54, 1.807) is 45.0 Å². The highest BCUT2D eigenvalue weighted by molar-refractivity contribution is 7.89. The number of aliphatic carboxylic acids is 1. The Bertz CT molecular complexity index is 783. The molecule has 0 unspecified atom stereocenters. The molecule has 0 spiro atoms. The van der Waals surface area contributed by atoms with E-state index in [0.717, 1.165) is 12.0 Å². The molecule has 0 fully saturated rings. The average Bonchev–Trinajstić information content (AvgIpc) is 2.62. The standard InChI is InChI=1S/C21H33NO7S/c1-5-6-14-30(26,27)22-18(20(25)29-21(2,3)4)15-16-9-11-17(12-10-16)28-13-7-8-19(23)24/h9-12,18,22H,5-8,13-15H2,1-4H3,(H,23,24)/t18-/m0/s1. The van der Waals surface area contributed by atoms with E-state index in [1.807, 2.05) is 6.92 Å². The van der Waals surface area contributed by atoms with E-state index in [0.29, 0.717) is 18.6 Å². The van der Waals surface area contributed by atoms with Gasteiger partial charge in [0.2, 0.25) is 10.0 Å². The topological polar surface area (TPSA) is 119 Å². The number of carboxylic acids is 1. The lowest BCUT2D eigenvalue weighted by Gasteiger charge is -2.24. The van der Waals surface area contributed by atoms with Crippen molar-refractivity contribution in [1.82, 2.24) is 4.72 Å². The molecule has 0 saturated carbocycles. The molecule has 1 aromatic rings. The molecular weight excluding hydrogens is 410 g/mol. The highest BCUT2D eigenvalue weighted by Crippen LogP contribution is 2.16. The molecule has 1 aromatic carbocycles. The monoisotopic (exact) mass is 443 g/mol. The van der Waals surface area contributed by atoms with Crippen LogP contribution in [-0.4, -0.2) is 49.5 Å². The van der Waals surface area contributed by atoms with Crippen LogP contribution in [0.5, 0.6) is 5.75 Å². The molecule has 0 bridgehead atoms. The van der Waals surface area contributed by atoms with Crippen LogP contribution in [0.15, 0.2) is 24.3 Å². The fourth-order valence-corrected chi connectivity index (χ4v) is 3.93. The first-order valence-corrected chi connectivity index (χ1v) is 11.7. The average molecular weight is 444 g/mol. The van der Waals surface area contributed by atoms with Gasteiger partial charge >= 0.3 is 11.9 Å². The molecule has 0 aromatic heterocycles. The van der Waals surface area contributed by atoms with Gasteiger partial charge in [0.1, 0.15) is 17.4 Å². The third-order valence-corrected chi connectivity index (χ3v) is 5.42. The number of esters is 1. The summed E-state index contributed by atoms with van der Waals surface area (Å²) in [4.78, 5) is 23.1. The second kappa shape index (κ2) is 11.9. The minimum atomic E-state index is -3.62. The predicted octanol–water partition coefficient (Wildman–Crippen LogP) is 2.90. The largest absolute Gasteiger partial charge is 0.494 e. The van der Waals surface area contributed by atoms with Crippen LogP contribution >= 0.6 is 0 Å². The van der Waals surface area contributed by atoms with Gasteiger partial charge < -0.3 is 14.6 Å². The summed E-state index contributed by atoms with van der Waals surface area (Å²) in [5.41, 5.74) is -0.000347. The van der Waals surface area contributed by atoms with Crippen molar-refractivity contribution >= 4 is 22.0 Å². The van der Waals surface area contributed by atoms with Crippen molar-refractivity contribution in [2.45, 2.75) is 71.4 Å². The van der Waals surface area contributed by atoms with Crippen LogP contribution in [0.25, 0.3) is 0 Å². The summed E-state index contributed by atoms with van der Waals surface area (Å²) in [7, 11) is -3.62. The van der Waals surface area contributed by atoms with Crippen molar-refractivity contribution in [3.63, 3.8) is 0 Å². The van der Waals surface area contributed by atoms with Gasteiger partial charge in [0.15, 0.2) is 0 Å². The molecule has 30 heavy (non-hydrogen) atoms. The molecular formula is C21H33NO7S. The number of rotatable bonds is 13. The zero-order chi connectivity index (χ0) is 22.8. The van der Waals surface area contributed by atoms with E-state index in [9.17, 15) is 18.0 Å². The second-order valence-corrected chi connectivity index (χ2v) is 9.94. The highest BCUT2D eigenvalue weighted by atomic mass is 32.2. The van der Waals surface area contributed by atoms with Gasteiger partial charge in [-0.3, -0.25) is 9.59 Å². The summed E-state index contributed by atoms with van der Waals surface area (Å²) in [6.07, 6.45) is 1.81. The molecule has 0 aliphatic rings. The number of benzene rings is 1. The first kappa shape index (κ1) is 25.9. The normalized spacial score (nSPS) is 12.9. The maximum atomic E-state index is 12.6. The third-order valence-electron chi connectivity index (χ3n) is 3.95. The summed E-state index contributed by atoms with van der Waals surface area (Å²) in [5, 5.41) is 8.63. The first-order chi connectivity index (χ1) is 13.9. The number of nitrogens with one attached hydrogen (secondary N) is 1. The van der Waals surface area contributed by atoms with Gasteiger partial charge in [0, 0.05) is 6.42 Å². The van der Waals surface area contributed by atoms with Gasteiger partial charge in [0.25, 0.3) is 0 Å². The van der Waals surface area contributed by atoms with Gasteiger partial charge in [-0.1, -0.05) is 25.5 Å². The SMILES string of the molecule is CCCCS(=O)(=O)N[C@@H](Cc1ccc(OCCCC(=O)O)cc1)C(=O)OC(C)(C)C. The number of ether oxygens (including phenoxy) is 2. The zero-order valence-corrected chi connectivity index (χ0v) is 19.0. The Labute approximate surface area is 179 Å². The van der Waals surface area contributed by atoms with Crippen LogP contribution in [-0.2, 0) is 30.8 Å². The molecule has 170 valence electrons. The van der Waals surface area contributed by atoms with Crippen LogP contribution in [0, 0.1) is 0 Å². The molecule has 0 radical (unpaired) electrons. The van der Waals surface area contributed by atoms with Gasteiger partial charge in [-0.05, 0) is 57.7 Å². The van der Waals surface area contributed by atoms with Crippen molar-refractivity contribution < 1.29 is 32.6 Å². The number of hydrogen-bond donors (Lipinski definition) is 2. The van der Waals surface area contributed by atoms with E-state index < -0.39 is 33.6 Å². The molecule has 0 aliphatic carbocycles. The maximum absolute atomic E-state index is 12.6. The summed E-state index contributed by atoms with van der Waals surface area (Å²) in [5.74, 6) is -0.979. The smallest absolute Gasteiger partial charge is 0.325 e. The number of carboxylic acid groups (broad SMARTS) is 1.